The summed E-state index contributed by atoms with van der Waals surface area (Å²) in [5.74, 6) is 0.502. The van der Waals surface area contributed by atoms with Gasteiger partial charge in [0, 0.05) is 18.3 Å². The topological polar surface area (TPSA) is 58.6 Å². The Hall–Kier alpha value is -1.57. The Morgan fingerprint density at radius 3 is 2.52 bits per heavy atom. The first-order chi connectivity index (χ1) is 11.9. The molecule has 2 aliphatic rings. The number of hydrogen-bond acceptors (Lipinski definition) is 4. The van der Waals surface area contributed by atoms with Crippen LogP contribution < -0.4 is 14.4 Å². The first kappa shape index (κ1) is 16.9. The monoisotopic (exact) mass is 422 g/mol. The highest BCUT2D eigenvalue weighted by Gasteiger charge is 2.46. The fraction of sp³-hybridized carbons (Fsp3) is 0.333. The number of fused-ring (bicyclic) bond motifs is 1. The molecule has 1 fully saturated rings. The smallest absolute Gasteiger partial charge is 0.243 e. The molecule has 25 heavy (non-hydrogen) atoms. The lowest BCUT2D eigenvalue weighted by Gasteiger charge is -2.43. The second-order valence-electron chi connectivity index (χ2n) is 6.62. The minimum absolute atomic E-state index is 0.250. The molecule has 2 aromatic carbocycles. The van der Waals surface area contributed by atoms with Crippen molar-refractivity contribution in [3.63, 3.8) is 0 Å². The molecule has 1 aliphatic carbocycles. The van der Waals surface area contributed by atoms with E-state index in [-0.39, 0.29) is 4.90 Å². The highest BCUT2D eigenvalue weighted by molar-refractivity contribution is 9.10. The van der Waals surface area contributed by atoms with Crippen molar-refractivity contribution in [2.75, 3.05) is 18.6 Å². The fourth-order valence-corrected chi connectivity index (χ4v) is 5.72. The average molecular weight is 423 g/mol. The lowest BCUT2D eigenvalue weighted by atomic mass is 9.77. The molecule has 4 rings (SSSR count). The van der Waals surface area contributed by atoms with E-state index >= 15 is 0 Å². The Morgan fingerprint density at radius 1 is 1.20 bits per heavy atom. The number of hydrogen-bond donors (Lipinski definition) is 1. The van der Waals surface area contributed by atoms with Crippen molar-refractivity contribution in [1.82, 2.24) is 4.72 Å². The van der Waals surface area contributed by atoms with Crippen LogP contribution in [0, 0.1) is 0 Å². The number of benzene rings is 2. The Morgan fingerprint density at radius 2 is 1.92 bits per heavy atom. The van der Waals surface area contributed by atoms with Crippen molar-refractivity contribution in [2.45, 2.75) is 29.7 Å². The number of sulfonamides is 1. The van der Waals surface area contributed by atoms with Gasteiger partial charge in [0.15, 0.2) is 0 Å². The maximum atomic E-state index is 13.0. The number of halogens is 1. The third kappa shape index (κ3) is 2.84. The summed E-state index contributed by atoms with van der Waals surface area (Å²) in [6.45, 7) is 0.613. The van der Waals surface area contributed by atoms with Crippen LogP contribution in [-0.4, -0.2) is 27.6 Å². The summed E-state index contributed by atoms with van der Waals surface area (Å²) in [4.78, 5) is 2.34. The zero-order valence-corrected chi connectivity index (χ0v) is 16.2. The number of ether oxygens (including phenoxy) is 1. The minimum Gasteiger partial charge on any atom is -0.496 e. The quantitative estimate of drug-likeness (QED) is 0.798. The van der Waals surface area contributed by atoms with E-state index in [1.807, 2.05) is 36.4 Å². The number of methoxy groups -OCH3 is 1. The molecule has 0 bridgehead atoms. The summed E-state index contributed by atoms with van der Waals surface area (Å²) >= 11 is 3.49. The van der Waals surface area contributed by atoms with Gasteiger partial charge in [0.05, 0.1) is 22.8 Å². The molecule has 1 aliphatic heterocycles. The van der Waals surface area contributed by atoms with Gasteiger partial charge in [-0.2, -0.15) is 0 Å². The maximum Gasteiger partial charge on any atom is 0.243 e. The first-order valence-corrected chi connectivity index (χ1v) is 10.5. The summed E-state index contributed by atoms with van der Waals surface area (Å²) < 4.78 is 35.1. The Kier molecular flexibility index (Phi) is 4.05. The van der Waals surface area contributed by atoms with Crippen LogP contribution >= 0.6 is 15.9 Å². The molecule has 1 saturated carbocycles. The zero-order valence-electron chi connectivity index (χ0n) is 13.8. The molecule has 0 unspecified atom stereocenters. The fourth-order valence-electron chi connectivity index (χ4n) is 3.57. The van der Waals surface area contributed by atoms with Crippen LogP contribution in [0.1, 0.15) is 19.3 Å². The van der Waals surface area contributed by atoms with Crippen LogP contribution in [0.4, 0.5) is 11.4 Å². The Balaban J connectivity index is 1.96. The number of anilines is 2. The number of nitrogens with one attached hydrogen (secondary N) is 1. The van der Waals surface area contributed by atoms with Crippen molar-refractivity contribution in [1.29, 1.82) is 0 Å². The largest absolute Gasteiger partial charge is 0.496 e. The van der Waals surface area contributed by atoms with Gasteiger partial charge in [0.25, 0.3) is 0 Å². The molecular weight excluding hydrogens is 404 g/mol. The summed E-state index contributed by atoms with van der Waals surface area (Å²) in [6.07, 6.45) is 2.73. The van der Waals surface area contributed by atoms with Crippen LogP contribution in [0.5, 0.6) is 5.75 Å². The van der Waals surface area contributed by atoms with Gasteiger partial charge in [0.1, 0.15) is 10.6 Å². The Labute approximate surface area is 156 Å². The molecule has 7 heteroatoms. The zero-order chi connectivity index (χ0) is 17.7. The van der Waals surface area contributed by atoms with Crippen molar-refractivity contribution < 1.29 is 13.2 Å². The summed E-state index contributed by atoms with van der Waals surface area (Å²) in [5, 5.41) is 0. The van der Waals surface area contributed by atoms with Gasteiger partial charge < -0.3 is 9.64 Å². The van der Waals surface area contributed by atoms with E-state index in [1.165, 1.54) is 7.11 Å². The SMILES string of the molecule is COc1cc2c(cc1Br)N(c1ccccc1)CC1(CCC1)NS2(=O)=O. The molecule has 2 aromatic rings. The molecule has 0 atom stereocenters. The van der Waals surface area contributed by atoms with Gasteiger partial charge in [-0.05, 0) is 53.4 Å². The maximum absolute atomic E-state index is 13.0. The van der Waals surface area contributed by atoms with Crippen molar-refractivity contribution in [3.05, 3.63) is 46.9 Å². The lowest BCUT2D eigenvalue weighted by Crippen LogP contribution is -2.57. The van der Waals surface area contributed by atoms with Gasteiger partial charge in [-0.1, -0.05) is 18.2 Å². The second kappa shape index (κ2) is 6.00. The highest BCUT2D eigenvalue weighted by atomic mass is 79.9. The summed E-state index contributed by atoms with van der Waals surface area (Å²) in [5.41, 5.74) is 1.23. The van der Waals surface area contributed by atoms with Crippen molar-refractivity contribution >= 4 is 37.3 Å². The molecule has 132 valence electrons. The molecular formula is C18H19BrN2O3S. The van der Waals surface area contributed by atoms with E-state index in [9.17, 15) is 8.42 Å². The van der Waals surface area contributed by atoms with Gasteiger partial charge in [0.2, 0.25) is 10.0 Å². The van der Waals surface area contributed by atoms with Gasteiger partial charge in [-0.25, -0.2) is 13.1 Å². The van der Waals surface area contributed by atoms with Gasteiger partial charge in [-0.15, -0.1) is 0 Å². The van der Waals surface area contributed by atoms with Crippen molar-refractivity contribution in [2.24, 2.45) is 0 Å². The van der Waals surface area contributed by atoms with Crippen LogP contribution in [0.3, 0.4) is 0 Å². The number of nitrogens with zero attached hydrogens (tertiary/aromatic N) is 1. The predicted octanol–water partition coefficient (Wildman–Crippen LogP) is 3.81. The molecule has 0 saturated heterocycles. The Bertz CT molecular complexity index is 911. The molecule has 1 spiro atoms. The molecule has 0 aromatic heterocycles. The molecule has 0 radical (unpaired) electrons. The molecule has 5 nitrogen and oxygen atoms in total. The van der Waals surface area contributed by atoms with Crippen LogP contribution in [0.15, 0.2) is 51.8 Å². The van der Waals surface area contributed by atoms with E-state index in [4.69, 9.17) is 4.74 Å². The molecule has 1 N–H and O–H groups in total. The van der Waals surface area contributed by atoms with E-state index in [0.29, 0.717) is 18.0 Å². The third-order valence-corrected chi connectivity index (χ3v) is 7.23. The first-order valence-electron chi connectivity index (χ1n) is 8.18. The van der Waals surface area contributed by atoms with Gasteiger partial charge in [-0.3, -0.25) is 0 Å². The predicted molar refractivity (Wildman–Crippen MR) is 101 cm³/mol. The highest BCUT2D eigenvalue weighted by Crippen LogP contribution is 2.45. The summed E-state index contributed by atoms with van der Waals surface area (Å²) in [7, 11) is -2.10. The van der Waals surface area contributed by atoms with E-state index in [0.717, 1.165) is 29.4 Å². The van der Waals surface area contributed by atoms with Crippen molar-refractivity contribution in [3.8, 4) is 5.75 Å². The van der Waals surface area contributed by atoms with Crippen LogP contribution in [-0.2, 0) is 10.0 Å². The van der Waals surface area contributed by atoms with E-state index in [1.54, 1.807) is 6.07 Å². The van der Waals surface area contributed by atoms with E-state index in [2.05, 4.69) is 25.6 Å². The average Bonchev–Trinajstić information content (AvgIpc) is 2.67. The molecule has 0 amide bonds. The molecule has 1 heterocycles. The number of rotatable bonds is 2. The van der Waals surface area contributed by atoms with E-state index < -0.39 is 15.6 Å². The third-order valence-electron chi connectivity index (χ3n) is 5.00. The van der Waals surface area contributed by atoms with Gasteiger partial charge >= 0.3 is 0 Å². The number of para-hydroxylation sites is 1. The minimum atomic E-state index is -3.63. The lowest BCUT2D eigenvalue weighted by molar-refractivity contribution is 0.232. The summed E-state index contributed by atoms with van der Waals surface area (Å²) in [6, 6.07) is 13.3. The second-order valence-corrected chi connectivity index (χ2v) is 9.12. The van der Waals surface area contributed by atoms with Crippen LogP contribution in [0.2, 0.25) is 0 Å². The normalized spacial score (nSPS) is 20.5. The standard InChI is InChI=1S/C18H19BrN2O3S/c1-24-16-11-17-15(10-14(16)19)21(13-6-3-2-4-7-13)12-18(8-5-9-18)20-25(17,22)23/h2-4,6-7,10-11,20H,5,8-9,12H2,1H3. The van der Waals surface area contributed by atoms with Crippen LogP contribution in [0.25, 0.3) is 0 Å².